The molecule has 0 saturated heterocycles. The summed E-state index contributed by atoms with van der Waals surface area (Å²) in [7, 11) is 0. The molecule has 0 atom stereocenters. The zero-order chi connectivity index (χ0) is 42.4. The van der Waals surface area contributed by atoms with E-state index in [0.29, 0.717) is 0 Å². The van der Waals surface area contributed by atoms with E-state index in [-0.39, 0.29) is 0 Å². The van der Waals surface area contributed by atoms with Gasteiger partial charge in [0.05, 0.1) is 16.6 Å². The van der Waals surface area contributed by atoms with Crippen LogP contribution in [-0.2, 0) is 0 Å². The standard InChI is InChI=1S/C62H42N2/c1-3-13-43(14-4-1)44-25-27-45(28-26-44)46-29-36-52(37-30-46)63(53-38-31-48(32-39-53)56-21-11-19-47-15-7-9-20-55(47)56)54-40-33-49(34-41-54)57-22-12-24-59-62(57)61(51-17-5-2-6-18-51)60-42-35-50-16-8-10-23-58(50)64(59)60/h1-42H. The van der Waals surface area contributed by atoms with Gasteiger partial charge < -0.3 is 9.30 Å². The van der Waals surface area contributed by atoms with Gasteiger partial charge in [-0.1, -0.05) is 200 Å². The van der Waals surface area contributed by atoms with Crippen LogP contribution in [0, 0.1) is 0 Å². The Bertz CT molecular complexity index is 3600. The van der Waals surface area contributed by atoms with Crippen LogP contribution < -0.4 is 4.90 Å². The highest BCUT2D eigenvalue weighted by molar-refractivity contribution is 6.14. The molecule has 0 aliphatic heterocycles. The summed E-state index contributed by atoms with van der Waals surface area (Å²) in [6.45, 7) is 0. The number of benzene rings is 10. The summed E-state index contributed by atoms with van der Waals surface area (Å²) in [5.74, 6) is 0. The van der Waals surface area contributed by atoms with Crippen LogP contribution in [0.25, 0.3) is 93.7 Å². The van der Waals surface area contributed by atoms with Gasteiger partial charge in [-0.25, -0.2) is 0 Å². The van der Waals surface area contributed by atoms with Crippen molar-refractivity contribution in [1.82, 2.24) is 4.40 Å². The molecule has 0 aliphatic carbocycles. The third kappa shape index (κ3) is 6.52. The van der Waals surface area contributed by atoms with Crippen molar-refractivity contribution >= 4 is 55.2 Å². The maximum Gasteiger partial charge on any atom is 0.0547 e. The first-order valence-electron chi connectivity index (χ1n) is 22.0. The number of pyridine rings is 1. The molecule has 0 bridgehead atoms. The van der Waals surface area contributed by atoms with E-state index in [9.17, 15) is 0 Å². The Morgan fingerprint density at radius 2 is 0.688 bits per heavy atom. The monoisotopic (exact) mass is 814 g/mol. The molecule has 2 aromatic heterocycles. The Morgan fingerprint density at radius 1 is 0.250 bits per heavy atom. The van der Waals surface area contributed by atoms with E-state index in [1.54, 1.807) is 0 Å². The second kappa shape index (κ2) is 15.8. The summed E-state index contributed by atoms with van der Waals surface area (Å²) < 4.78 is 2.44. The van der Waals surface area contributed by atoms with E-state index in [2.05, 4.69) is 264 Å². The van der Waals surface area contributed by atoms with Crippen molar-refractivity contribution in [2.75, 3.05) is 4.90 Å². The van der Waals surface area contributed by atoms with Crippen LogP contribution in [0.3, 0.4) is 0 Å². The van der Waals surface area contributed by atoms with Gasteiger partial charge >= 0.3 is 0 Å². The fourth-order valence-electron chi connectivity index (χ4n) is 9.71. The van der Waals surface area contributed by atoms with Gasteiger partial charge in [-0.2, -0.15) is 0 Å². The predicted octanol–water partition coefficient (Wildman–Crippen LogP) is 17.2. The van der Waals surface area contributed by atoms with E-state index < -0.39 is 0 Å². The lowest BCUT2D eigenvalue weighted by Crippen LogP contribution is -2.09. The van der Waals surface area contributed by atoms with Crippen LogP contribution in [0.5, 0.6) is 0 Å². The lowest BCUT2D eigenvalue weighted by molar-refractivity contribution is 1.28. The summed E-state index contributed by atoms with van der Waals surface area (Å²) >= 11 is 0. The molecule has 300 valence electrons. The highest BCUT2D eigenvalue weighted by atomic mass is 15.1. The lowest BCUT2D eigenvalue weighted by atomic mass is 9.95. The average Bonchev–Trinajstić information content (AvgIpc) is 3.73. The highest BCUT2D eigenvalue weighted by Crippen LogP contribution is 2.44. The number of para-hydroxylation sites is 1. The van der Waals surface area contributed by atoms with Crippen LogP contribution in [-0.4, -0.2) is 4.40 Å². The van der Waals surface area contributed by atoms with E-state index in [1.807, 2.05) is 0 Å². The van der Waals surface area contributed by atoms with E-state index in [1.165, 1.54) is 93.7 Å². The minimum absolute atomic E-state index is 1.09. The minimum atomic E-state index is 1.09. The van der Waals surface area contributed by atoms with Gasteiger partial charge in [-0.15, -0.1) is 0 Å². The normalized spacial score (nSPS) is 11.4. The van der Waals surface area contributed by atoms with Gasteiger partial charge in [0.25, 0.3) is 0 Å². The number of hydrogen-bond donors (Lipinski definition) is 0. The quantitative estimate of drug-likeness (QED) is 0.148. The summed E-state index contributed by atoms with van der Waals surface area (Å²) in [5, 5.41) is 4.98. The molecule has 64 heavy (non-hydrogen) atoms. The van der Waals surface area contributed by atoms with Crippen molar-refractivity contribution in [2.45, 2.75) is 0 Å². The van der Waals surface area contributed by atoms with E-state index >= 15 is 0 Å². The van der Waals surface area contributed by atoms with Crippen molar-refractivity contribution in [3.8, 4) is 55.6 Å². The predicted molar refractivity (Wildman–Crippen MR) is 272 cm³/mol. The second-order valence-corrected chi connectivity index (χ2v) is 16.5. The second-order valence-electron chi connectivity index (χ2n) is 16.5. The Balaban J connectivity index is 0.962. The molecule has 0 saturated carbocycles. The van der Waals surface area contributed by atoms with E-state index in [0.717, 1.165) is 17.1 Å². The van der Waals surface area contributed by atoms with Crippen LogP contribution >= 0.6 is 0 Å². The van der Waals surface area contributed by atoms with Gasteiger partial charge in [0, 0.05) is 28.0 Å². The molecular weight excluding hydrogens is 773 g/mol. The topological polar surface area (TPSA) is 7.65 Å². The first-order chi connectivity index (χ1) is 31.7. The van der Waals surface area contributed by atoms with E-state index in [4.69, 9.17) is 0 Å². The molecule has 0 radical (unpaired) electrons. The van der Waals surface area contributed by atoms with Crippen molar-refractivity contribution in [3.05, 3.63) is 255 Å². The molecule has 2 heterocycles. The molecule has 0 N–H and O–H groups in total. The van der Waals surface area contributed by atoms with Crippen molar-refractivity contribution in [2.24, 2.45) is 0 Å². The Kier molecular flexibility index (Phi) is 9.20. The molecule has 2 heteroatoms. The van der Waals surface area contributed by atoms with Crippen molar-refractivity contribution in [3.63, 3.8) is 0 Å². The van der Waals surface area contributed by atoms with Crippen molar-refractivity contribution < 1.29 is 0 Å². The molecule has 12 rings (SSSR count). The molecule has 10 aromatic carbocycles. The zero-order valence-corrected chi connectivity index (χ0v) is 35.1. The molecule has 2 nitrogen and oxygen atoms in total. The minimum Gasteiger partial charge on any atom is -0.311 e. The third-order valence-corrected chi connectivity index (χ3v) is 12.8. The number of anilines is 3. The molecule has 0 amide bonds. The van der Waals surface area contributed by atoms with Gasteiger partial charge in [0.15, 0.2) is 0 Å². The molecule has 12 aromatic rings. The van der Waals surface area contributed by atoms with Crippen LogP contribution in [0.2, 0.25) is 0 Å². The number of aromatic nitrogens is 1. The highest BCUT2D eigenvalue weighted by Gasteiger charge is 2.20. The molecule has 0 spiro atoms. The van der Waals surface area contributed by atoms with Crippen LogP contribution in [0.1, 0.15) is 0 Å². The van der Waals surface area contributed by atoms with Crippen LogP contribution in [0.15, 0.2) is 255 Å². The smallest absolute Gasteiger partial charge is 0.0547 e. The SMILES string of the molecule is c1ccc(-c2ccc(-c3ccc(N(c4ccc(-c5cccc6ccccc56)cc4)c4ccc(-c5cccc6c5c(-c5ccccc5)c5ccc7ccccc7n56)cc4)cc3)cc2)cc1. The summed E-state index contributed by atoms with van der Waals surface area (Å²) in [5.41, 5.74) is 19.0. The molecule has 0 unspecified atom stereocenters. The Hall–Kier alpha value is -8.46. The van der Waals surface area contributed by atoms with Gasteiger partial charge in [-0.3, -0.25) is 0 Å². The Labute approximate surface area is 373 Å². The lowest BCUT2D eigenvalue weighted by Gasteiger charge is -2.26. The maximum absolute atomic E-state index is 2.44. The average molecular weight is 815 g/mol. The summed E-state index contributed by atoms with van der Waals surface area (Å²) in [6.07, 6.45) is 0. The van der Waals surface area contributed by atoms with Gasteiger partial charge in [-0.05, 0) is 121 Å². The molecule has 0 fully saturated rings. The largest absolute Gasteiger partial charge is 0.311 e. The fourth-order valence-corrected chi connectivity index (χ4v) is 9.71. The molecule has 0 aliphatic rings. The number of nitrogens with zero attached hydrogens (tertiary/aromatic N) is 2. The summed E-state index contributed by atoms with van der Waals surface area (Å²) in [6, 6.07) is 92.6. The van der Waals surface area contributed by atoms with Gasteiger partial charge in [0.1, 0.15) is 0 Å². The number of hydrogen-bond acceptors (Lipinski definition) is 1. The maximum atomic E-state index is 2.44. The number of fused-ring (bicyclic) bond motifs is 6. The first kappa shape index (κ1) is 37.3. The third-order valence-electron chi connectivity index (χ3n) is 12.8. The summed E-state index contributed by atoms with van der Waals surface area (Å²) in [4.78, 5) is 2.37. The first-order valence-corrected chi connectivity index (χ1v) is 22.0. The molecular formula is C62H42N2. The van der Waals surface area contributed by atoms with Gasteiger partial charge in [0.2, 0.25) is 0 Å². The zero-order valence-electron chi connectivity index (χ0n) is 35.1. The van der Waals surface area contributed by atoms with Crippen LogP contribution in [0.4, 0.5) is 17.1 Å². The Morgan fingerprint density at radius 3 is 1.33 bits per heavy atom. The fraction of sp³-hybridized carbons (Fsp3) is 0. The van der Waals surface area contributed by atoms with Crippen molar-refractivity contribution in [1.29, 1.82) is 0 Å². The number of rotatable bonds is 8.